The van der Waals surface area contributed by atoms with Crippen LogP contribution >= 0.6 is 0 Å². The molecule has 0 spiro atoms. The maximum Gasteiger partial charge on any atom is 0.302 e. The molecule has 0 N–H and O–H groups in total. The van der Waals surface area contributed by atoms with E-state index in [2.05, 4.69) is 0 Å². The molecule has 5 atom stereocenters. The molecule has 1 aromatic rings. The van der Waals surface area contributed by atoms with Gasteiger partial charge in [-0.3, -0.25) is 19.3 Å². The van der Waals surface area contributed by atoms with E-state index >= 15 is 0 Å². The lowest BCUT2D eigenvalue weighted by Crippen LogP contribution is -2.40. The third-order valence-electron chi connectivity index (χ3n) is 4.89. The van der Waals surface area contributed by atoms with Gasteiger partial charge in [0.25, 0.3) is 0 Å². The number of carbonyl (C=O) groups is 3. The lowest BCUT2D eigenvalue weighted by Gasteiger charge is -2.27. The Morgan fingerprint density at radius 3 is 2.25 bits per heavy atom. The Hall–Kier alpha value is -2.47. The van der Waals surface area contributed by atoms with Crippen molar-refractivity contribution in [3.05, 3.63) is 48.0 Å². The van der Waals surface area contributed by atoms with Gasteiger partial charge in [-0.15, -0.1) is 0 Å². The van der Waals surface area contributed by atoms with Crippen molar-refractivity contribution in [2.45, 2.75) is 25.2 Å². The summed E-state index contributed by atoms with van der Waals surface area (Å²) < 4.78 is 10.8. The number of esters is 1. The van der Waals surface area contributed by atoms with Crippen molar-refractivity contribution in [3.8, 4) is 0 Å². The molecule has 1 aromatic carbocycles. The van der Waals surface area contributed by atoms with E-state index in [1.54, 1.807) is 0 Å². The monoisotopic (exact) mass is 327 g/mol. The standard InChI is InChI=1S/C18H17NO5/c1-10(20)23-9-12(11-5-3-2-4-6-11)19-17(21)15-13-7-8-14(24-13)16(15)18(19)22/h2-8,12-16H,9H2,1H3/t12-,13-,14+,15-,16+/m1/s1. The molecule has 2 saturated heterocycles. The van der Waals surface area contributed by atoms with Gasteiger partial charge in [0, 0.05) is 6.92 Å². The Kier molecular flexibility index (Phi) is 3.49. The molecule has 124 valence electrons. The number of benzene rings is 1. The third-order valence-corrected chi connectivity index (χ3v) is 4.89. The number of hydrogen-bond donors (Lipinski definition) is 0. The zero-order valence-electron chi connectivity index (χ0n) is 13.1. The van der Waals surface area contributed by atoms with E-state index in [1.165, 1.54) is 11.8 Å². The summed E-state index contributed by atoms with van der Waals surface area (Å²) in [7, 11) is 0. The molecule has 0 aromatic heterocycles. The van der Waals surface area contributed by atoms with Crippen LogP contribution in [0.2, 0.25) is 0 Å². The van der Waals surface area contributed by atoms with Crippen molar-refractivity contribution in [1.29, 1.82) is 0 Å². The first kappa shape index (κ1) is 15.1. The van der Waals surface area contributed by atoms with E-state index in [0.717, 1.165) is 5.56 Å². The topological polar surface area (TPSA) is 72.9 Å². The van der Waals surface area contributed by atoms with Crippen LogP contribution in [0.25, 0.3) is 0 Å². The third kappa shape index (κ3) is 2.17. The minimum Gasteiger partial charge on any atom is -0.463 e. The Morgan fingerprint density at radius 1 is 1.12 bits per heavy atom. The minimum absolute atomic E-state index is 0.0418. The summed E-state index contributed by atoms with van der Waals surface area (Å²) in [6.07, 6.45) is 3.05. The molecule has 2 fully saturated rings. The van der Waals surface area contributed by atoms with Gasteiger partial charge < -0.3 is 9.47 Å². The number of amides is 2. The molecule has 3 aliphatic rings. The number of imide groups is 1. The Bertz CT molecular complexity index is 698. The van der Waals surface area contributed by atoms with Crippen LogP contribution in [0.3, 0.4) is 0 Å². The lowest BCUT2D eigenvalue weighted by molar-refractivity contribution is -0.152. The Balaban J connectivity index is 1.67. The number of ether oxygens (including phenoxy) is 2. The summed E-state index contributed by atoms with van der Waals surface area (Å²) >= 11 is 0. The quantitative estimate of drug-likeness (QED) is 0.472. The van der Waals surface area contributed by atoms with Crippen molar-refractivity contribution in [1.82, 2.24) is 4.90 Å². The fourth-order valence-electron chi connectivity index (χ4n) is 3.83. The first-order valence-corrected chi connectivity index (χ1v) is 7.97. The molecule has 0 radical (unpaired) electrons. The normalized spacial score (nSPS) is 31.5. The molecule has 3 heterocycles. The summed E-state index contributed by atoms with van der Waals surface area (Å²) in [6.45, 7) is 1.27. The molecule has 2 bridgehead atoms. The number of hydrogen-bond acceptors (Lipinski definition) is 5. The second kappa shape index (κ2) is 5.56. The molecular weight excluding hydrogens is 310 g/mol. The van der Waals surface area contributed by atoms with E-state index in [9.17, 15) is 14.4 Å². The highest BCUT2D eigenvalue weighted by Gasteiger charge is 2.61. The van der Waals surface area contributed by atoms with Crippen LogP contribution in [0.15, 0.2) is 42.5 Å². The van der Waals surface area contributed by atoms with Gasteiger partial charge in [-0.25, -0.2) is 0 Å². The second-order valence-electron chi connectivity index (χ2n) is 6.28. The van der Waals surface area contributed by atoms with Gasteiger partial charge in [-0.05, 0) is 5.56 Å². The van der Waals surface area contributed by atoms with Crippen LogP contribution in [0.4, 0.5) is 0 Å². The SMILES string of the molecule is CC(=O)OC[C@H](c1ccccc1)N1C(=O)[C@@H]2[C@H](C1=O)[C@H]1C=C[C@@H]2O1. The van der Waals surface area contributed by atoms with E-state index in [-0.39, 0.29) is 30.6 Å². The molecule has 0 unspecified atom stereocenters. The van der Waals surface area contributed by atoms with Crippen molar-refractivity contribution in [3.63, 3.8) is 0 Å². The molecule has 0 aliphatic carbocycles. The van der Waals surface area contributed by atoms with E-state index < -0.39 is 23.8 Å². The average Bonchev–Trinajstić information content (AvgIpc) is 3.25. The van der Waals surface area contributed by atoms with E-state index in [4.69, 9.17) is 9.47 Å². The molecule has 3 aliphatic heterocycles. The van der Waals surface area contributed by atoms with Gasteiger partial charge in [0.05, 0.1) is 30.1 Å². The van der Waals surface area contributed by atoms with Gasteiger partial charge in [0.15, 0.2) is 0 Å². The summed E-state index contributed by atoms with van der Waals surface area (Å²) in [5, 5.41) is 0. The van der Waals surface area contributed by atoms with Crippen LogP contribution in [0.1, 0.15) is 18.5 Å². The van der Waals surface area contributed by atoms with E-state index in [0.29, 0.717) is 0 Å². The Morgan fingerprint density at radius 2 is 1.71 bits per heavy atom. The number of nitrogens with zero attached hydrogens (tertiary/aromatic N) is 1. The van der Waals surface area contributed by atoms with Crippen molar-refractivity contribution in [2.24, 2.45) is 11.8 Å². The molecule has 0 saturated carbocycles. The molecular formula is C18H17NO5. The largest absolute Gasteiger partial charge is 0.463 e. The van der Waals surface area contributed by atoms with E-state index in [1.807, 2.05) is 42.5 Å². The predicted molar refractivity (Wildman–Crippen MR) is 82.5 cm³/mol. The maximum absolute atomic E-state index is 12.9. The van der Waals surface area contributed by atoms with Gasteiger partial charge >= 0.3 is 5.97 Å². The van der Waals surface area contributed by atoms with Crippen molar-refractivity contribution < 1.29 is 23.9 Å². The number of rotatable bonds is 4. The first-order valence-electron chi connectivity index (χ1n) is 7.97. The van der Waals surface area contributed by atoms with Gasteiger partial charge in [0.2, 0.25) is 11.8 Å². The number of fused-ring (bicyclic) bond motifs is 5. The molecule has 6 heteroatoms. The molecule has 6 nitrogen and oxygen atoms in total. The number of carbonyl (C=O) groups excluding carboxylic acids is 3. The van der Waals surface area contributed by atoms with Crippen LogP contribution in [-0.2, 0) is 23.9 Å². The fourth-order valence-corrected chi connectivity index (χ4v) is 3.83. The van der Waals surface area contributed by atoms with Crippen LogP contribution in [0, 0.1) is 11.8 Å². The fraction of sp³-hybridized carbons (Fsp3) is 0.389. The zero-order chi connectivity index (χ0) is 16.8. The van der Waals surface area contributed by atoms with Crippen molar-refractivity contribution in [2.75, 3.05) is 6.61 Å². The molecule has 4 rings (SSSR count). The average molecular weight is 327 g/mol. The maximum atomic E-state index is 12.9. The highest BCUT2D eigenvalue weighted by molar-refractivity contribution is 6.07. The molecule has 24 heavy (non-hydrogen) atoms. The van der Waals surface area contributed by atoms with Gasteiger partial charge in [-0.2, -0.15) is 0 Å². The highest BCUT2D eigenvalue weighted by atomic mass is 16.5. The van der Waals surface area contributed by atoms with Gasteiger partial charge in [0.1, 0.15) is 6.61 Å². The summed E-state index contributed by atoms with van der Waals surface area (Å²) in [4.78, 5) is 38.3. The summed E-state index contributed by atoms with van der Waals surface area (Å²) in [6, 6.07) is 8.55. The molecule has 2 amide bonds. The summed E-state index contributed by atoms with van der Waals surface area (Å²) in [5.74, 6) is -1.86. The first-order chi connectivity index (χ1) is 11.6. The Labute approximate surface area is 139 Å². The van der Waals surface area contributed by atoms with Crippen LogP contribution < -0.4 is 0 Å². The summed E-state index contributed by atoms with van der Waals surface area (Å²) in [5.41, 5.74) is 0.765. The zero-order valence-corrected chi connectivity index (χ0v) is 13.1. The minimum atomic E-state index is -0.611. The lowest BCUT2D eigenvalue weighted by atomic mass is 9.85. The highest BCUT2D eigenvalue weighted by Crippen LogP contribution is 2.47. The smallest absolute Gasteiger partial charge is 0.302 e. The second-order valence-corrected chi connectivity index (χ2v) is 6.28. The van der Waals surface area contributed by atoms with Gasteiger partial charge in [-0.1, -0.05) is 42.5 Å². The van der Waals surface area contributed by atoms with Crippen LogP contribution in [0.5, 0.6) is 0 Å². The number of likely N-dealkylation sites (tertiary alicyclic amines) is 1. The van der Waals surface area contributed by atoms with Crippen molar-refractivity contribution >= 4 is 17.8 Å². The van der Waals surface area contributed by atoms with Crippen LogP contribution in [-0.4, -0.2) is 41.5 Å². The predicted octanol–water partition coefficient (Wildman–Crippen LogP) is 1.23.